The van der Waals surface area contributed by atoms with Crippen molar-refractivity contribution in [1.29, 1.82) is 0 Å². The predicted octanol–water partition coefficient (Wildman–Crippen LogP) is 1.84. The first-order chi connectivity index (χ1) is 8.62. The Hall–Kier alpha value is -1.64. The van der Waals surface area contributed by atoms with Gasteiger partial charge in [-0.2, -0.15) is 13.2 Å². The van der Waals surface area contributed by atoms with Crippen LogP contribution >= 0.6 is 11.3 Å². The molecule has 1 aromatic rings. The Labute approximate surface area is 110 Å². The van der Waals surface area contributed by atoms with Crippen LogP contribution in [0.1, 0.15) is 17.6 Å². The third-order valence-corrected chi connectivity index (χ3v) is 3.17. The molecule has 1 heterocycles. The largest absolute Gasteiger partial charge is 0.481 e. The average molecular weight is 296 g/mol. The van der Waals surface area contributed by atoms with Crippen molar-refractivity contribution in [1.82, 2.24) is 9.88 Å². The molecule has 106 valence electrons. The first-order valence-electron chi connectivity index (χ1n) is 5.12. The highest BCUT2D eigenvalue weighted by Gasteiger charge is 2.34. The number of carbonyl (C=O) groups is 2. The fourth-order valence-electron chi connectivity index (χ4n) is 1.23. The van der Waals surface area contributed by atoms with Crippen LogP contribution in [-0.4, -0.2) is 33.9 Å². The van der Waals surface area contributed by atoms with Crippen molar-refractivity contribution >= 4 is 23.2 Å². The molecule has 1 rings (SSSR count). The number of alkyl halides is 3. The van der Waals surface area contributed by atoms with Gasteiger partial charge in [-0.25, -0.2) is 4.98 Å². The Morgan fingerprint density at radius 3 is 2.53 bits per heavy atom. The molecule has 0 fully saturated rings. The SMILES string of the molecule is CC(C(=O)O)C(=O)N(C)Cc1nc(C(F)(F)F)cs1. The van der Waals surface area contributed by atoms with Crippen LogP contribution in [0.15, 0.2) is 5.38 Å². The van der Waals surface area contributed by atoms with Gasteiger partial charge in [0.15, 0.2) is 5.69 Å². The quantitative estimate of drug-likeness (QED) is 0.861. The number of carbonyl (C=O) groups excluding carboxylic acids is 1. The molecule has 19 heavy (non-hydrogen) atoms. The summed E-state index contributed by atoms with van der Waals surface area (Å²) in [6, 6.07) is 0. The molecule has 9 heteroatoms. The molecular formula is C10H11F3N2O3S. The van der Waals surface area contributed by atoms with Gasteiger partial charge >= 0.3 is 12.1 Å². The van der Waals surface area contributed by atoms with Crippen molar-refractivity contribution in [3.8, 4) is 0 Å². The number of amides is 1. The number of nitrogens with zero attached hydrogens (tertiary/aromatic N) is 2. The van der Waals surface area contributed by atoms with Crippen LogP contribution in [0.25, 0.3) is 0 Å². The van der Waals surface area contributed by atoms with Gasteiger partial charge in [0.1, 0.15) is 10.9 Å². The summed E-state index contributed by atoms with van der Waals surface area (Å²) in [5.41, 5.74) is -1.01. The first kappa shape index (κ1) is 15.4. The summed E-state index contributed by atoms with van der Waals surface area (Å²) in [5, 5.41) is 9.62. The maximum absolute atomic E-state index is 12.3. The van der Waals surface area contributed by atoms with Crippen LogP contribution in [0.5, 0.6) is 0 Å². The number of thiazole rings is 1. The number of rotatable bonds is 4. The highest BCUT2D eigenvalue weighted by molar-refractivity contribution is 7.09. The van der Waals surface area contributed by atoms with E-state index in [0.29, 0.717) is 0 Å². The molecule has 0 radical (unpaired) electrons. The summed E-state index contributed by atoms with van der Waals surface area (Å²) in [6.45, 7) is 1.06. The van der Waals surface area contributed by atoms with Crippen molar-refractivity contribution in [2.45, 2.75) is 19.6 Å². The molecule has 0 aliphatic carbocycles. The van der Waals surface area contributed by atoms with Gasteiger partial charge < -0.3 is 10.0 Å². The third kappa shape index (κ3) is 3.91. The monoisotopic (exact) mass is 296 g/mol. The molecule has 0 saturated carbocycles. The lowest BCUT2D eigenvalue weighted by atomic mass is 10.1. The number of aromatic nitrogens is 1. The van der Waals surface area contributed by atoms with E-state index in [2.05, 4.69) is 4.98 Å². The number of carboxylic acid groups (broad SMARTS) is 1. The number of carboxylic acids is 1. The van der Waals surface area contributed by atoms with E-state index in [1.807, 2.05) is 0 Å². The van der Waals surface area contributed by atoms with Gasteiger partial charge in [0.2, 0.25) is 5.91 Å². The summed E-state index contributed by atoms with van der Waals surface area (Å²) in [4.78, 5) is 26.6. The Kier molecular flexibility index (Phi) is 4.51. The maximum Gasteiger partial charge on any atom is 0.434 e. The summed E-state index contributed by atoms with van der Waals surface area (Å²) in [6.07, 6.45) is -4.52. The van der Waals surface area contributed by atoms with Gasteiger partial charge in [-0.15, -0.1) is 11.3 Å². The molecule has 0 aliphatic rings. The molecule has 1 unspecified atom stereocenters. The molecule has 1 amide bonds. The van der Waals surface area contributed by atoms with E-state index in [1.165, 1.54) is 14.0 Å². The maximum atomic E-state index is 12.3. The molecule has 0 spiro atoms. The number of aliphatic carboxylic acids is 1. The zero-order chi connectivity index (χ0) is 14.8. The van der Waals surface area contributed by atoms with Gasteiger partial charge in [0.25, 0.3) is 0 Å². The van der Waals surface area contributed by atoms with E-state index < -0.39 is 29.7 Å². The topological polar surface area (TPSA) is 70.5 Å². The Morgan fingerprint density at radius 1 is 1.53 bits per heavy atom. The standard InChI is InChI=1S/C10H11F3N2O3S/c1-5(9(17)18)8(16)15(2)3-7-14-6(4-19-7)10(11,12)13/h4-5H,3H2,1-2H3,(H,17,18). The zero-order valence-electron chi connectivity index (χ0n) is 10.1. The second-order valence-corrected chi connectivity index (χ2v) is 4.82. The van der Waals surface area contributed by atoms with Crippen LogP contribution < -0.4 is 0 Å². The van der Waals surface area contributed by atoms with E-state index in [0.717, 1.165) is 21.6 Å². The lowest BCUT2D eigenvalue weighted by Crippen LogP contribution is -2.34. The number of hydrogen-bond acceptors (Lipinski definition) is 4. The van der Waals surface area contributed by atoms with E-state index in [1.54, 1.807) is 0 Å². The van der Waals surface area contributed by atoms with E-state index >= 15 is 0 Å². The Bertz CT molecular complexity index is 487. The van der Waals surface area contributed by atoms with Crippen LogP contribution in [0.4, 0.5) is 13.2 Å². The van der Waals surface area contributed by atoms with Crippen molar-refractivity contribution < 1.29 is 27.9 Å². The van der Waals surface area contributed by atoms with Gasteiger partial charge in [-0.1, -0.05) is 0 Å². The second-order valence-electron chi connectivity index (χ2n) is 3.88. The lowest BCUT2D eigenvalue weighted by Gasteiger charge is -2.17. The molecule has 1 atom stereocenters. The number of halogens is 3. The van der Waals surface area contributed by atoms with E-state index in [4.69, 9.17) is 5.11 Å². The molecular weight excluding hydrogens is 285 g/mol. The number of hydrogen-bond donors (Lipinski definition) is 1. The predicted molar refractivity (Wildman–Crippen MR) is 60.4 cm³/mol. The van der Waals surface area contributed by atoms with Crippen molar-refractivity contribution in [2.75, 3.05) is 7.05 Å². The minimum atomic E-state index is -4.52. The smallest absolute Gasteiger partial charge is 0.434 e. The van der Waals surface area contributed by atoms with Crippen LogP contribution in [-0.2, 0) is 22.3 Å². The molecule has 0 aliphatic heterocycles. The van der Waals surface area contributed by atoms with E-state index in [9.17, 15) is 22.8 Å². The molecule has 0 bridgehead atoms. The molecule has 5 nitrogen and oxygen atoms in total. The summed E-state index contributed by atoms with van der Waals surface area (Å²) in [5.74, 6) is -3.21. The lowest BCUT2D eigenvalue weighted by molar-refractivity contribution is -0.150. The Balaban J connectivity index is 2.72. The zero-order valence-corrected chi connectivity index (χ0v) is 10.9. The Morgan fingerprint density at radius 2 is 2.11 bits per heavy atom. The first-order valence-corrected chi connectivity index (χ1v) is 6.00. The van der Waals surface area contributed by atoms with Crippen LogP contribution in [0.3, 0.4) is 0 Å². The van der Waals surface area contributed by atoms with Crippen LogP contribution in [0.2, 0.25) is 0 Å². The normalized spacial score (nSPS) is 13.1. The van der Waals surface area contributed by atoms with Crippen LogP contribution in [0, 0.1) is 5.92 Å². The molecule has 1 aromatic heterocycles. The van der Waals surface area contributed by atoms with Gasteiger partial charge in [0.05, 0.1) is 6.54 Å². The summed E-state index contributed by atoms with van der Waals surface area (Å²) < 4.78 is 37.0. The van der Waals surface area contributed by atoms with E-state index in [-0.39, 0.29) is 11.6 Å². The van der Waals surface area contributed by atoms with Gasteiger partial charge in [-0.05, 0) is 6.92 Å². The van der Waals surface area contributed by atoms with Crippen molar-refractivity contribution in [3.05, 3.63) is 16.1 Å². The van der Waals surface area contributed by atoms with Crippen molar-refractivity contribution in [2.24, 2.45) is 5.92 Å². The van der Waals surface area contributed by atoms with Gasteiger partial charge in [-0.3, -0.25) is 9.59 Å². The fourth-order valence-corrected chi connectivity index (χ4v) is 2.08. The minimum absolute atomic E-state index is 0.0979. The summed E-state index contributed by atoms with van der Waals surface area (Å²) >= 11 is 0.770. The average Bonchev–Trinajstić information content (AvgIpc) is 2.74. The highest BCUT2D eigenvalue weighted by atomic mass is 32.1. The third-order valence-electron chi connectivity index (χ3n) is 2.33. The summed E-state index contributed by atoms with van der Waals surface area (Å²) in [7, 11) is 1.32. The van der Waals surface area contributed by atoms with Crippen molar-refractivity contribution in [3.63, 3.8) is 0 Å². The molecule has 0 aromatic carbocycles. The fraction of sp³-hybridized carbons (Fsp3) is 0.500. The molecule has 1 N–H and O–H groups in total. The molecule has 0 saturated heterocycles. The van der Waals surface area contributed by atoms with Gasteiger partial charge in [0, 0.05) is 12.4 Å². The second kappa shape index (κ2) is 5.55. The minimum Gasteiger partial charge on any atom is -0.481 e. The highest BCUT2D eigenvalue weighted by Crippen LogP contribution is 2.30.